The Bertz CT molecular complexity index is 729. The van der Waals surface area contributed by atoms with Gasteiger partial charge in [0.25, 0.3) is 5.56 Å². The summed E-state index contributed by atoms with van der Waals surface area (Å²) >= 11 is 0. The summed E-state index contributed by atoms with van der Waals surface area (Å²) in [5.74, 6) is -0.384. The summed E-state index contributed by atoms with van der Waals surface area (Å²) in [6.07, 6.45) is 0.930. The fourth-order valence-electron chi connectivity index (χ4n) is 1.34. The van der Waals surface area contributed by atoms with E-state index in [0.717, 1.165) is 10.8 Å². The molecule has 1 aromatic rings. The molecule has 0 radical (unpaired) electrons. The summed E-state index contributed by atoms with van der Waals surface area (Å²) in [6.45, 7) is 2.60. The van der Waals surface area contributed by atoms with Crippen molar-refractivity contribution in [3.63, 3.8) is 0 Å². The van der Waals surface area contributed by atoms with Crippen LogP contribution >= 0.6 is 0 Å². The molecular formula is C10H15N3O5S. The van der Waals surface area contributed by atoms with Gasteiger partial charge in [-0.3, -0.25) is 14.2 Å². The second kappa shape index (κ2) is 5.10. The minimum absolute atomic E-state index is 0.384. The van der Waals surface area contributed by atoms with Gasteiger partial charge in [0, 0.05) is 20.3 Å². The Labute approximate surface area is 109 Å². The molecule has 0 aliphatic rings. The number of aryl methyl sites for hydroxylation is 1. The van der Waals surface area contributed by atoms with E-state index < -0.39 is 32.2 Å². The van der Waals surface area contributed by atoms with Gasteiger partial charge >= 0.3 is 5.69 Å². The van der Waals surface area contributed by atoms with Crippen molar-refractivity contribution < 1.29 is 13.2 Å². The molecule has 0 aliphatic carbocycles. The Morgan fingerprint density at radius 3 is 2.32 bits per heavy atom. The van der Waals surface area contributed by atoms with Gasteiger partial charge in [0.2, 0.25) is 10.0 Å². The highest BCUT2D eigenvalue weighted by Crippen LogP contribution is 2.01. The Morgan fingerprint density at radius 1 is 1.32 bits per heavy atom. The maximum Gasteiger partial charge on any atom is 0.330 e. The number of aromatic nitrogens is 2. The summed E-state index contributed by atoms with van der Waals surface area (Å²) in [4.78, 5) is 33.7. The standard InChI is InChI=1S/C10H15N3O5S/c1-6(7(2)14)11-19(17,18)8-5-12(3)10(16)13(4)9(8)15/h5-6,11H,1-4H3. The number of rotatable bonds is 4. The van der Waals surface area contributed by atoms with Crippen molar-refractivity contribution in [3.05, 3.63) is 27.0 Å². The molecule has 0 spiro atoms. The van der Waals surface area contributed by atoms with Crippen LogP contribution in [0.4, 0.5) is 0 Å². The highest BCUT2D eigenvalue weighted by molar-refractivity contribution is 7.89. The average molecular weight is 289 g/mol. The molecule has 0 fully saturated rings. The zero-order valence-corrected chi connectivity index (χ0v) is 11.8. The van der Waals surface area contributed by atoms with Gasteiger partial charge in [-0.15, -0.1) is 0 Å². The van der Waals surface area contributed by atoms with Gasteiger partial charge in [0.15, 0.2) is 4.90 Å². The summed E-state index contributed by atoms with van der Waals surface area (Å²) in [5.41, 5.74) is -1.57. The van der Waals surface area contributed by atoms with Gasteiger partial charge in [0.05, 0.1) is 6.04 Å². The first-order chi connectivity index (χ1) is 8.58. The van der Waals surface area contributed by atoms with E-state index in [1.165, 1.54) is 27.9 Å². The Kier molecular flexibility index (Phi) is 4.11. The van der Waals surface area contributed by atoms with Crippen molar-refractivity contribution in [3.8, 4) is 0 Å². The van der Waals surface area contributed by atoms with Gasteiger partial charge < -0.3 is 4.57 Å². The summed E-state index contributed by atoms with van der Waals surface area (Å²) < 4.78 is 27.7. The van der Waals surface area contributed by atoms with Crippen molar-refractivity contribution in [1.29, 1.82) is 0 Å². The first-order valence-electron chi connectivity index (χ1n) is 5.37. The number of nitrogens with one attached hydrogen (secondary N) is 1. The molecule has 1 N–H and O–H groups in total. The lowest BCUT2D eigenvalue weighted by Gasteiger charge is -2.12. The van der Waals surface area contributed by atoms with Crippen molar-refractivity contribution in [2.24, 2.45) is 14.1 Å². The lowest BCUT2D eigenvalue weighted by molar-refractivity contribution is -0.118. The molecule has 0 saturated heterocycles. The second-order valence-corrected chi connectivity index (χ2v) is 5.89. The second-order valence-electron chi connectivity index (χ2n) is 4.20. The Morgan fingerprint density at radius 2 is 1.84 bits per heavy atom. The van der Waals surface area contributed by atoms with Crippen molar-refractivity contribution >= 4 is 15.8 Å². The fraction of sp³-hybridized carbons (Fsp3) is 0.500. The van der Waals surface area contributed by atoms with Crippen LogP contribution in [0.25, 0.3) is 0 Å². The molecule has 1 rings (SSSR count). The monoisotopic (exact) mass is 289 g/mol. The molecule has 0 aliphatic heterocycles. The Balaban J connectivity index is 3.43. The van der Waals surface area contributed by atoms with E-state index in [1.807, 2.05) is 0 Å². The van der Waals surface area contributed by atoms with Crippen LogP contribution in [-0.2, 0) is 28.9 Å². The van der Waals surface area contributed by atoms with E-state index in [9.17, 15) is 22.8 Å². The van der Waals surface area contributed by atoms with Gasteiger partial charge in [-0.05, 0) is 13.8 Å². The topological polar surface area (TPSA) is 107 Å². The van der Waals surface area contributed by atoms with Crippen molar-refractivity contribution in [1.82, 2.24) is 13.9 Å². The normalized spacial score (nSPS) is 13.3. The quantitative estimate of drug-likeness (QED) is 0.714. The van der Waals surface area contributed by atoms with Crippen LogP contribution in [0.1, 0.15) is 13.8 Å². The van der Waals surface area contributed by atoms with Crippen LogP contribution in [0.5, 0.6) is 0 Å². The highest BCUT2D eigenvalue weighted by Gasteiger charge is 2.24. The van der Waals surface area contributed by atoms with E-state index in [4.69, 9.17) is 0 Å². The van der Waals surface area contributed by atoms with E-state index in [-0.39, 0.29) is 5.78 Å². The lowest BCUT2D eigenvalue weighted by Crippen LogP contribution is -2.44. The first-order valence-corrected chi connectivity index (χ1v) is 6.85. The number of carbonyl (C=O) groups excluding carboxylic acids is 1. The molecule has 0 aromatic carbocycles. The highest BCUT2D eigenvalue weighted by atomic mass is 32.2. The largest absolute Gasteiger partial charge is 0.330 e. The molecule has 1 aromatic heterocycles. The zero-order valence-electron chi connectivity index (χ0n) is 11.0. The maximum atomic E-state index is 12.0. The number of hydrogen-bond donors (Lipinski definition) is 1. The molecule has 19 heavy (non-hydrogen) atoms. The third-order valence-electron chi connectivity index (χ3n) is 2.65. The molecule has 0 amide bonds. The van der Waals surface area contributed by atoms with Gasteiger partial charge in [0.1, 0.15) is 5.78 Å². The van der Waals surface area contributed by atoms with Gasteiger partial charge in [-0.2, -0.15) is 0 Å². The number of sulfonamides is 1. The van der Waals surface area contributed by atoms with Crippen LogP contribution < -0.4 is 16.0 Å². The number of carbonyl (C=O) groups is 1. The predicted molar refractivity (Wildman–Crippen MR) is 67.4 cm³/mol. The smallest absolute Gasteiger partial charge is 0.302 e. The van der Waals surface area contributed by atoms with E-state index >= 15 is 0 Å². The minimum Gasteiger partial charge on any atom is -0.302 e. The number of nitrogens with zero attached hydrogens (tertiary/aromatic N) is 2. The SMILES string of the molecule is CC(=O)C(C)NS(=O)(=O)c1cn(C)c(=O)n(C)c1=O. The Hall–Kier alpha value is -1.74. The molecular weight excluding hydrogens is 274 g/mol. The minimum atomic E-state index is -4.16. The predicted octanol–water partition coefficient (Wildman–Crippen LogP) is -1.66. The van der Waals surface area contributed by atoms with Crippen molar-refractivity contribution in [2.75, 3.05) is 0 Å². The van der Waals surface area contributed by atoms with E-state index in [2.05, 4.69) is 4.72 Å². The van der Waals surface area contributed by atoms with Crippen LogP contribution in [0.2, 0.25) is 0 Å². The number of ketones is 1. The summed E-state index contributed by atoms with van der Waals surface area (Å²) in [6, 6.07) is -0.952. The molecule has 1 unspecified atom stereocenters. The maximum absolute atomic E-state index is 12.0. The van der Waals surface area contributed by atoms with Crippen LogP contribution in [0, 0.1) is 0 Å². The van der Waals surface area contributed by atoms with E-state index in [1.54, 1.807) is 0 Å². The third-order valence-corrected chi connectivity index (χ3v) is 4.17. The molecule has 8 nitrogen and oxygen atoms in total. The van der Waals surface area contributed by atoms with Gasteiger partial charge in [-0.25, -0.2) is 17.9 Å². The van der Waals surface area contributed by atoms with Crippen LogP contribution in [0.15, 0.2) is 20.7 Å². The fourth-order valence-corrected chi connectivity index (χ4v) is 2.76. The summed E-state index contributed by atoms with van der Waals surface area (Å²) in [5, 5.41) is 0. The molecule has 1 atom stereocenters. The molecule has 0 bridgehead atoms. The lowest BCUT2D eigenvalue weighted by atomic mass is 10.3. The third kappa shape index (κ3) is 2.99. The number of Topliss-reactive ketones (excluding diaryl/α,β-unsaturated/α-hetero) is 1. The summed E-state index contributed by atoms with van der Waals surface area (Å²) in [7, 11) is -1.65. The average Bonchev–Trinajstić information content (AvgIpc) is 2.30. The van der Waals surface area contributed by atoms with Crippen LogP contribution in [0.3, 0.4) is 0 Å². The molecule has 1 heterocycles. The van der Waals surface area contributed by atoms with Gasteiger partial charge in [-0.1, -0.05) is 0 Å². The van der Waals surface area contributed by atoms with E-state index in [0.29, 0.717) is 4.57 Å². The zero-order chi connectivity index (χ0) is 15.0. The number of hydrogen-bond acceptors (Lipinski definition) is 5. The molecule has 0 saturated carbocycles. The van der Waals surface area contributed by atoms with Crippen molar-refractivity contribution in [2.45, 2.75) is 24.8 Å². The van der Waals surface area contributed by atoms with Crippen LogP contribution in [-0.4, -0.2) is 29.4 Å². The molecule has 106 valence electrons. The molecule has 9 heteroatoms. The first kappa shape index (κ1) is 15.3.